The van der Waals surface area contributed by atoms with Gasteiger partial charge in [0.2, 0.25) is 0 Å². The molecule has 2 aromatic rings. The Morgan fingerprint density at radius 2 is 0.735 bits per heavy atom. The highest BCUT2D eigenvalue weighted by Crippen LogP contribution is 2.32. The summed E-state index contributed by atoms with van der Waals surface area (Å²) in [5, 5.41) is 0. The van der Waals surface area contributed by atoms with Gasteiger partial charge in [-0.05, 0) is 69.6 Å². The van der Waals surface area contributed by atoms with Crippen LogP contribution in [0.4, 0.5) is 0 Å². The van der Waals surface area contributed by atoms with Gasteiger partial charge in [0, 0.05) is 0 Å². The van der Waals surface area contributed by atoms with E-state index in [1.54, 1.807) is 0 Å². The highest BCUT2D eigenvalue weighted by atomic mass is 14.3. The number of rotatable bonds is 5. The summed E-state index contributed by atoms with van der Waals surface area (Å²) in [5.41, 5.74) is 6.72. The molecule has 0 fully saturated rings. The summed E-state index contributed by atoms with van der Waals surface area (Å²) in [6.07, 6.45) is 2.48. The van der Waals surface area contributed by atoms with Crippen LogP contribution in [0, 0.1) is 16.7 Å². The van der Waals surface area contributed by atoms with Crippen molar-refractivity contribution in [1.29, 1.82) is 0 Å². The molecule has 0 aliphatic carbocycles. The molecule has 0 atom stereocenters. The van der Waals surface area contributed by atoms with E-state index in [-0.39, 0.29) is 0 Å². The summed E-state index contributed by atoms with van der Waals surface area (Å²) in [6, 6.07) is 18.0. The standard InChI is InChI=1S/C13H20.C12H18.C9H20/c1-10(2)9-12-5-7-13(8-6-12)11(3)4;1-9(2)11-5-7-12(8-6-11)10(3)4;1-8(2,3)7-9(4,5)6/h5-8,10-11H,9H2,1-4H3;5-10H,1-4H3;7H2,1-6H3. The fourth-order valence-electron chi connectivity index (χ4n) is 4.37. The molecule has 0 aliphatic rings. The Morgan fingerprint density at radius 1 is 0.471 bits per heavy atom. The smallest absolute Gasteiger partial charge is 0.0219 e. The molecule has 0 N–H and O–H groups in total. The zero-order valence-corrected chi connectivity index (χ0v) is 25.3. The molecule has 0 bridgehead atoms. The van der Waals surface area contributed by atoms with Gasteiger partial charge in [-0.15, -0.1) is 0 Å². The van der Waals surface area contributed by atoms with E-state index in [0.29, 0.717) is 28.6 Å². The topological polar surface area (TPSA) is 0 Å². The van der Waals surface area contributed by atoms with Crippen molar-refractivity contribution in [2.24, 2.45) is 16.7 Å². The van der Waals surface area contributed by atoms with Crippen LogP contribution in [-0.4, -0.2) is 0 Å². The Kier molecular flexibility index (Phi) is 14.1. The van der Waals surface area contributed by atoms with Gasteiger partial charge in [0.15, 0.2) is 0 Å². The molecule has 2 rings (SSSR count). The van der Waals surface area contributed by atoms with E-state index in [1.165, 1.54) is 35.1 Å². The summed E-state index contributed by atoms with van der Waals surface area (Å²) in [5.74, 6) is 2.69. The molecule has 2 aromatic carbocycles. The molecule has 194 valence electrons. The van der Waals surface area contributed by atoms with Gasteiger partial charge in [-0.1, -0.05) is 145 Å². The maximum Gasteiger partial charge on any atom is -0.0219 e. The van der Waals surface area contributed by atoms with Crippen LogP contribution >= 0.6 is 0 Å². The summed E-state index contributed by atoms with van der Waals surface area (Å²) in [6.45, 7) is 31.6. The van der Waals surface area contributed by atoms with Gasteiger partial charge in [0.1, 0.15) is 0 Å². The van der Waals surface area contributed by atoms with Crippen LogP contribution in [0.2, 0.25) is 0 Å². The van der Waals surface area contributed by atoms with Crippen molar-refractivity contribution in [2.75, 3.05) is 0 Å². The van der Waals surface area contributed by atoms with E-state index in [9.17, 15) is 0 Å². The SMILES string of the molecule is CC(C)(C)CC(C)(C)C.CC(C)Cc1ccc(C(C)C)cc1.CC(C)c1ccc(C(C)C)cc1. The molecule has 0 saturated heterocycles. The van der Waals surface area contributed by atoms with Gasteiger partial charge in [-0.25, -0.2) is 0 Å². The minimum atomic E-state index is 0.484. The first-order valence-corrected chi connectivity index (χ1v) is 13.6. The molecule has 0 spiro atoms. The summed E-state index contributed by atoms with van der Waals surface area (Å²) < 4.78 is 0. The van der Waals surface area contributed by atoms with E-state index in [4.69, 9.17) is 0 Å². The molecular formula is C34H58. The lowest BCUT2D eigenvalue weighted by molar-refractivity contribution is 0.233. The molecule has 0 amide bonds. The first-order chi connectivity index (χ1) is 15.4. The van der Waals surface area contributed by atoms with Gasteiger partial charge in [-0.3, -0.25) is 0 Å². The molecule has 34 heavy (non-hydrogen) atoms. The molecule has 0 aromatic heterocycles. The first kappa shape index (κ1) is 32.4. The molecule has 0 radical (unpaired) electrons. The van der Waals surface area contributed by atoms with Crippen molar-refractivity contribution >= 4 is 0 Å². The lowest BCUT2D eigenvalue weighted by atomic mass is 9.78. The molecule has 0 unspecified atom stereocenters. The predicted molar refractivity (Wildman–Crippen MR) is 157 cm³/mol. The summed E-state index contributed by atoms with van der Waals surface area (Å²) in [4.78, 5) is 0. The lowest BCUT2D eigenvalue weighted by Gasteiger charge is -2.28. The zero-order chi connectivity index (χ0) is 26.7. The minimum absolute atomic E-state index is 0.484. The minimum Gasteiger partial charge on any atom is -0.0625 e. The first-order valence-electron chi connectivity index (χ1n) is 13.6. The molecule has 0 heterocycles. The third-order valence-corrected chi connectivity index (χ3v) is 5.62. The van der Waals surface area contributed by atoms with Crippen molar-refractivity contribution in [1.82, 2.24) is 0 Å². The molecule has 0 aliphatic heterocycles. The monoisotopic (exact) mass is 466 g/mol. The van der Waals surface area contributed by atoms with Gasteiger partial charge >= 0.3 is 0 Å². The van der Waals surface area contributed by atoms with Crippen LogP contribution in [-0.2, 0) is 6.42 Å². The summed E-state index contributed by atoms with van der Waals surface area (Å²) >= 11 is 0. The number of benzene rings is 2. The fourth-order valence-corrected chi connectivity index (χ4v) is 4.37. The second-order valence-corrected chi connectivity index (χ2v) is 13.8. The third-order valence-electron chi connectivity index (χ3n) is 5.62. The van der Waals surface area contributed by atoms with Crippen LogP contribution < -0.4 is 0 Å². The van der Waals surface area contributed by atoms with E-state index in [1.807, 2.05) is 0 Å². The average Bonchev–Trinajstić information content (AvgIpc) is 2.66. The highest BCUT2D eigenvalue weighted by Gasteiger charge is 2.20. The number of hydrogen-bond acceptors (Lipinski definition) is 0. The second kappa shape index (κ2) is 14.8. The Bertz CT molecular complexity index is 718. The molecule has 0 saturated carbocycles. The largest absolute Gasteiger partial charge is 0.0625 e. The van der Waals surface area contributed by atoms with E-state index in [0.717, 1.165) is 5.92 Å². The van der Waals surface area contributed by atoms with Crippen molar-refractivity contribution in [3.8, 4) is 0 Å². The Balaban J connectivity index is 0.000000490. The van der Waals surface area contributed by atoms with E-state index in [2.05, 4.69) is 145 Å². The van der Waals surface area contributed by atoms with Crippen molar-refractivity contribution in [2.45, 2.75) is 128 Å². The van der Waals surface area contributed by atoms with E-state index < -0.39 is 0 Å². The van der Waals surface area contributed by atoms with Crippen molar-refractivity contribution < 1.29 is 0 Å². The predicted octanol–water partition coefficient (Wildman–Crippen LogP) is 11.4. The van der Waals surface area contributed by atoms with Crippen LogP contribution in [0.15, 0.2) is 48.5 Å². The van der Waals surface area contributed by atoms with Gasteiger partial charge in [0.25, 0.3) is 0 Å². The van der Waals surface area contributed by atoms with Crippen LogP contribution in [0.5, 0.6) is 0 Å². The lowest BCUT2D eigenvalue weighted by Crippen LogP contribution is -2.16. The number of hydrogen-bond donors (Lipinski definition) is 0. The summed E-state index contributed by atoms with van der Waals surface area (Å²) in [7, 11) is 0. The Hall–Kier alpha value is -1.56. The zero-order valence-electron chi connectivity index (χ0n) is 25.3. The van der Waals surface area contributed by atoms with E-state index >= 15 is 0 Å². The normalized spacial score (nSPS) is 11.9. The van der Waals surface area contributed by atoms with Crippen molar-refractivity contribution in [3.63, 3.8) is 0 Å². The quantitative estimate of drug-likeness (QED) is 0.411. The Labute approximate surface area is 215 Å². The molecular weight excluding hydrogens is 408 g/mol. The van der Waals surface area contributed by atoms with Gasteiger partial charge < -0.3 is 0 Å². The fraction of sp³-hybridized carbons (Fsp3) is 0.647. The van der Waals surface area contributed by atoms with Crippen molar-refractivity contribution in [3.05, 3.63) is 70.8 Å². The average molecular weight is 467 g/mol. The molecule has 0 heteroatoms. The maximum atomic E-state index is 2.29. The van der Waals surface area contributed by atoms with Gasteiger partial charge in [-0.2, -0.15) is 0 Å². The van der Waals surface area contributed by atoms with Crippen LogP contribution in [0.25, 0.3) is 0 Å². The molecule has 0 nitrogen and oxygen atoms in total. The van der Waals surface area contributed by atoms with Crippen LogP contribution in [0.1, 0.15) is 143 Å². The highest BCUT2D eigenvalue weighted by molar-refractivity contribution is 5.26. The van der Waals surface area contributed by atoms with Gasteiger partial charge in [0.05, 0.1) is 0 Å². The third kappa shape index (κ3) is 16.1. The van der Waals surface area contributed by atoms with Crippen LogP contribution in [0.3, 0.4) is 0 Å². The maximum absolute atomic E-state index is 2.29. The Morgan fingerprint density at radius 3 is 0.912 bits per heavy atom. The second-order valence-electron chi connectivity index (χ2n) is 13.8.